The van der Waals surface area contributed by atoms with Crippen LogP contribution in [0.25, 0.3) is 0 Å². The Labute approximate surface area is 91.1 Å². The van der Waals surface area contributed by atoms with E-state index in [2.05, 4.69) is 16.0 Å². The predicted molar refractivity (Wildman–Crippen MR) is 60.6 cm³/mol. The second-order valence-electron chi connectivity index (χ2n) is 4.56. The lowest BCUT2D eigenvalue weighted by Crippen LogP contribution is -2.13. The maximum absolute atomic E-state index is 5.83. The number of nitrogens with zero attached hydrogens (tertiary/aromatic N) is 2. The molecule has 1 aliphatic carbocycles. The molecule has 0 saturated heterocycles. The van der Waals surface area contributed by atoms with Gasteiger partial charge in [0.05, 0.1) is 6.04 Å². The molecule has 0 amide bonds. The molecule has 1 unspecified atom stereocenters. The number of hydrogen-bond donors (Lipinski definition) is 1. The van der Waals surface area contributed by atoms with Crippen LogP contribution in [0, 0.1) is 6.92 Å². The summed E-state index contributed by atoms with van der Waals surface area (Å²) in [5, 5.41) is 0. The van der Waals surface area contributed by atoms with Gasteiger partial charge in [-0.25, -0.2) is 9.97 Å². The lowest BCUT2D eigenvalue weighted by atomic mass is 10.0. The lowest BCUT2D eigenvalue weighted by Gasteiger charge is -2.12. The van der Waals surface area contributed by atoms with Crippen LogP contribution in [-0.4, -0.2) is 9.97 Å². The minimum absolute atomic E-state index is 0.0648. The zero-order chi connectivity index (χ0) is 10.8. The monoisotopic (exact) mass is 205 g/mol. The van der Waals surface area contributed by atoms with Crippen LogP contribution in [0.5, 0.6) is 0 Å². The SMILES string of the molecule is Cc1cc(C2CCCC2)nc(C(C)N)n1. The number of rotatable bonds is 2. The summed E-state index contributed by atoms with van der Waals surface area (Å²) in [4.78, 5) is 8.95. The van der Waals surface area contributed by atoms with E-state index in [1.54, 1.807) is 0 Å². The molecule has 15 heavy (non-hydrogen) atoms. The van der Waals surface area contributed by atoms with Crippen molar-refractivity contribution in [3.05, 3.63) is 23.3 Å². The molecule has 2 rings (SSSR count). The highest BCUT2D eigenvalue weighted by Gasteiger charge is 2.19. The Morgan fingerprint density at radius 1 is 1.33 bits per heavy atom. The highest BCUT2D eigenvalue weighted by Crippen LogP contribution is 2.33. The first-order chi connectivity index (χ1) is 7.16. The molecule has 0 aromatic carbocycles. The highest BCUT2D eigenvalue weighted by molar-refractivity contribution is 5.16. The van der Waals surface area contributed by atoms with Crippen molar-refractivity contribution < 1.29 is 0 Å². The van der Waals surface area contributed by atoms with Crippen molar-refractivity contribution in [1.29, 1.82) is 0 Å². The van der Waals surface area contributed by atoms with E-state index in [1.165, 1.54) is 31.4 Å². The topological polar surface area (TPSA) is 51.8 Å². The van der Waals surface area contributed by atoms with Crippen LogP contribution in [0.4, 0.5) is 0 Å². The molecule has 1 fully saturated rings. The zero-order valence-corrected chi connectivity index (χ0v) is 9.53. The van der Waals surface area contributed by atoms with Crippen molar-refractivity contribution in [3.63, 3.8) is 0 Å². The molecule has 1 aromatic rings. The molecule has 1 aliphatic rings. The molecule has 3 heteroatoms. The summed E-state index contributed by atoms with van der Waals surface area (Å²) >= 11 is 0. The predicted octanol–water partition coefficient (Wildman–Crippen LogP) is 2.46. The molecular formula is C12H19N3. The van der Waals surface area contributed by atoms with Gasteiger partial charge in [-0.3, -0.25) is 0 Å². The molecule has 0 radical (unpaired) electrons. The van der Waals surface area contributed by atoms with Crippen molar-refractivity contribution in [2.75, 3.05) is 0 Å². The first-order valence-electron chi connectivity index (χ1n) is 5.78. The normalized spacial score (nSPS) is 19.4. The minimum Gasteiger partial charge on any atom is -0.322 e. The number of nitrogens with two attached hydrogens (primary N) is 1. The lowest BCUT2D eigenvalue weighted by molar-refractivity contribution is 0.657. The Hall–Kier alpha value is -0.960. The molecular weight excluding hydrogens is 186 g/mol. The van der Waals surface area contributed by atoms with E-state index in [0.29, 0.717) is 5.92 Å². The second-order valence-corrected chi connectivity index (χ2v) is 4.56. The third kappa shape index (κ3) is 2.34. The van der Waals surface area contributed by atoms with Crippen LogP contribution >= 0.6 is 0 Å². The molecule has 3 nitrogen and oxygen atoms in total. The van der Waals surface area contributed by atoms with Gasteiger partial charge in [0.1, 0.15) is 5.82 Å². The standard InChI is InChI=1S/C12H19N3/c1-8-7-11(10-5-3-4-6-10)15-12(14-8)9(2)13/h7,9-10H,3-6,13H2,1-2H3. The fourth-order valence-corrected chi connectivity index (χ4v) is 2.25. The Kier molecular flexibility index (Phi) is 3.00. The van der Waals surface area contributed by atoms with Crippen molar-refractivity contribution in [1.82, 2.24) is 9.97 Å². The first kappa shape index (κ1) is 10.6. The summed E-state index contributed by atoms with van der Waals surface area (Å²) in [6.45, 7) is 3.96. The fraction of sp³-hybridized carbons (Fsp3) is 0.667. The molecule has 0 bridgehead atoms. The summed E-state index contributed by atoms with van der Waals surface area (Å²) in [5.41, 5.74) is 8.07. The quantitative estimate of drug-likeness (QED) is 0.807. The minimum atomic E-state index is -0.0648. The molecule has 2 N–H and O–H groups in total. The molecule has 1 saturated carbocycles. The maximum Gasteiger partial charge on any atom is 0.145 e. The van der Waals surface area contributed by atoms with Crippen molar-refractivity contribution in [3.8, 4) is 0 Å². The van der Waals surface area contributed by atoms with Crippen LogP contribution in [0.3, 0.4) is 0 Å². The Morgan fingerprint density at radius 3 is 2.60 bits per heavy atom. The van der Waals surface area contributed by atoms with Gasteiger partial charge in [0.15, 0.2) is 0 Å². The third-order valence-corrected chi connectivity index (χ3v) is 3.07. The summed E-state index contributed by atoms with van der Waals surface area (Å²) in [7, 11) is 0. The van der Waals surface area contributed by atoms with Gasteiger partial charge in [0, 0.05) is 17.3 Å². The smallest absolute Gasteiger partial charge is 0.145 e. The summed E-state index contributed by atoms with van der Waals surface area (Å²) in [6, 6.07) is 2.05. The van der Waals surface area contributed by atoms with Gasteiger partial charge in [0.2, 0.25) is 0 Å². The highest BCUT2D eigenvalue weighted by atomic mass is 14.9. The van der Waals surface area contributed by atoms with Crippen LogP contribution in [0.2, 0.25) is 0 Å². The second kappa shape index (κ2) is 4.27. The van der Waals surface area contributed by atoms with Gasteiger partial charge in [-0.2, -0.15) is 0 Å². The molecule has 82 valence electrons. The molecule has 1 aromatic heterocycles. The molecule has 1 heterocycles. The van der Waals surface area contributed by atoms with Gasteiger partial charge >= 0.3 is 0 Å². The summed E-state index contributed by atoms with van der Waals surface area (Å²) < 4.78 is 0. The Morgan fingerprint density at radius 2 is 2.00 bits per heavy atom. The third-order valence-electron chi connectivity index (χ3n) is 3.07. The van der Waals surface area contributed by atoms with E-state index in [4.69, 9.17) is 5.73 Å². The Balaban J connectivity index is 2.30. The maximum atomic E-state index is 5.83. The number of aryl methyl sites for hydroxylation is 1. The summed E-state index contributed by atoms with van der Waals surface area (Å²) in [5.74, 6) is 1.43. The average molecular weight is 205 g/mol. The number of aromatic nitrogens is 2. The molecule has 0 spiro atoms. The van der Waals surface area contributed by atoms with E-state index < -0.39 is 0 Å². The van der Waals surface area contributed by atoms with Gasteiger partial charge in [-0.1, -0.05) is 12.8 Å². The van der Waals surface area contributed by atoms with Crippen molar-refractivity contribution in [2.24, 2.45) is 5.73 Å². The zero-order valence-electron chi connectivity index (χ0n) is 9.53. The molecule has 0 aliphatic heterocycles. The van der Waals surface area contributed by atoms with E-state index >= 15 is 0 Å². The Bertz CT molecular complexity index is 341. The number of hydrogen-bond acceptors (Lipinski definition) is 3. The van der Waals surface area contributed by atoms with E-state index in [-0.39, 0.29) is 6.04 Å². The fourth-order valence-electron chi connectivity index (χ4n) is 2.25. The molecule has 1 atom stereocenters. The van der Waals surface area contributed by atoms with Crippen molar-refractivity contribution in [2.45, 2.75) is 51.5 Å². The summed E-state index contributed by atoms with van der Waals surface area (Å²) in [6.07, 6.45) is 5.21. The van der Waals surface area contributed by atoms with E-state index in [1.807, 2.05) is 13.8 Å². The van der Waals surface area contributed by atoms with Crippen LogP contribution in [-0.2, 0) is 0 Å². The van der Waals surface area contributed by atoms with E-state index in [9.17, 15) is 0 Å². The van der Waals surface area contributed by atoms with Gasteiger partial charge in [0.25, 0.3) is 0 Å². The largest absolute Gasteiger partial charge is 0.322 e. The first-order valence-corrected chi connectivity index (χ1v) is 5.78. The van der Waals surface area contributed by atoms with Gasteiger partial charge in [-0.05, 0) is 32.8 Å². The van der Waals surface area contributed by atoms with Gasteiger partial charge in [-0.15, -0.1) is 0 Å². The van der Waals surface area contributed by atoms with Crippen LogP contribution in [0.1, 0.15) is 61.8 Å². The van der Waals surface area contributed by atoms with Crippen molar-refractivity contribution >= 4 is 0 Å². The average Bonchev–Trinajstić information content (AvgIpc) is 2.69. The van der Waals surface area contributed by atoms with E-state index in [0.717, 1.165) is 11.5 Å². The van der Waals surface area contributed by atoms with Gasteiger partial charge < -0.3 is 5.73 Å². The van der Waals surface area contributed by atoms with Crippen LogP contribution < -0.4 is 5.73 Å². The van der Waals surface area contributed by atoms with Crippen LogP contribution in [0.15, 0.2) is 6.07 Å².